The van der Waals surface area contributed by atoms with Gasteiger partial charge in [0.1, 0.15) is 24.2 Å². The van der Waals surface area contributed by atoms with E-state index in [1.165, 1.54) is 0 Å². The number of nitrogens with zero attached hydrogens (tertiary/aromatic N) is 6. The predicted molar refractivity (Wildman–Crippen MR) is 129 cm³/mol. The van der Waals surface area contributed by atoms with Crippen LogP contribution in [0.5, 0.6) is 6.01 Å². The Labute approximate surface area is 202 Å². The molecule has 0 amide bonds. The summed E-state index contributed by atoms with van der Waals surface area (Å²) in [5, 5.41) is 13.0. The predicted octanol–water partition coefficient (Wildman–Crippen LogP) is 3.48. The third-order valence-electron chi connectivity index (χ3n) is 7.86. The van der Waals surface area contributed by atoms with Crippen molar-refractivity contribution in [3.8, 4) is 6.01 Å². The number of pyridine rings is 1. The Morgan fingerprint density at radius 1 is 1.26 bits per heavy atom. The number of halogens is 2. The van der Waals surface area contributed by atoms with Crippen LogP contribution in [-0.2, 0) is 7.05 Å². The Balaban J connectivity index is 1.45. The monoisotopic (exact) mass is 488 g/mol. The fourth-order valence-electron chi connectivity index (χ4n) is 6.30. The molecule has 3 aromatic heterocycles. The molecule has 0 aliphatic carbocycles. The van der Waals surface area contributed by atoms with Crippen LogP contribution in [0.15, 0.2) is 12.3 Å². The number of hydrogen-bond acceptors (Lipinski definition) is 7. The number of alkyl halides is 1. The van der Waals surface area contributed by atoms with E-state index in [1.807, 2.05) is 24.6 Å². The van der Waals surface area contributed by atoms with Gasteiger partial charge in [0.2, 0.25) is 0 Å². The van der Waals surface area contributed by atoms with Crippen molar-refractivity contribution in [1.82, 2.24) is 24.4 Å². The van der Waals surface area contributed by atoms with Crippen LogP contribution >= 0.6 is 11.6 Å². The lowest BCUT2D eigenvalue weighted by Crippen LogP contribution is -2.46. The summed E-state index contributed by atoms with van der Waals surface area (Å²) in [6.07, 6.45) is 4.95. The van der Waals surface area contributed by atoms with Crippen molar-refractivity contribution in [1.29, 1.82) is 0 Å². The highest BCUT2D eigenvalue weighted by molar-refractivity contribution is 6.35. The quantitative estimate of drug-likeness (QED) is 0.563. The molecule has 3 aliphatic rings. The molecular weight excluding hydrogens is 459 g/mol. The SMILES string of the molecule is Cn1c2nc(OC[C@@]34CCCN3C[C@H](F)C4)nc(N3CCC[C@@](C)(O)C3)c2c2ccnc(Cl)c21. The van der Waals surface area contributed by atoms with E-state index in [4.69, 9.17) is 26.3 Å². The van der Waals surface area contributed by atoms with Gasteiger partial charge in [-0.25, -0.2) is 9.37 Å². The molecule has 3 aliphatic heterocycles. The van der Waals surface area contributed by atoms with Crippen LogP contribution in [0.25, 0.3) is 21.9 Å². The van der Waals surface area contributed by atoms with E-state index in [0.29, 0.717) is 36.9 Å². The van der Waals surface area contributed by atoms with Gasteiger partial charge in [0.25, 0.3) is 0 Å². The summed E-state index contributed by atoms with van der Waals surface area (Å²) in [4.78, 5) is 18.2. The molecule has 182 valence electrons. The Kier molecular flexibility index (Phi) is 5.17. The van der Waals surface area contributed by atoms with Crippen molar-refractivity contribution in [2.24, 2.45) is 7.05 Å². The van der Waals surface area contributed by atoms with Crippen molar-refractivity contribution in [2.45, 2.75) is 56.3 Å². The van der Waals surface area contributed by atoms with Crippen LogP contribution in [0.4, 0.5) is 10.2 Å². The molecule has 34 heavy (non-hydrogen) atoms. The number of rotatable bonds is 4. The molecule has 6 rings (SSSR count). The van der Waals surface area contributed by atoms with Gasteiger partial charge in [0, 0.05) is 44.7 Å². The second-order valence-corrected chi connectivity index (χ2v) is 10.8. The number of aromatic nitrogens is 4. The van der Waals surface area contributed by atoms with Gasteiger partial charge in [-0.3, -0.25) is 4.90 Å². The summed E-state index contributed by atoms with van der Waals surface area (Å²) in [6, 6.07) is 2.19. The summed E-state index contributed by atoms with van der Waals surface area (Å²) in [5.41, 5.74) is 0.403. The molecule has 1 N–H and O–H groups in total. The maximum Gasteiger partial charge on any atom is 0.320 e. The van der Waals surface area contributed by atoms with Crippen molar-refractivity contribution >= 4 is 39.4 Å². The first-order valence-corrected chi connectivity index (χ1v) is 12.4. The third-order valence-corrected chi connectivity index (χ3v) is 8.13. The van der Waals surface area contributed by atoms with E-state index in [0.717, 1.165) is 60.9 Å². The van der Waals surface area contributed by atoms with Crippen LogP contribution < -0.4 is 9.64 Å². The zero-order valence-electron chi connectivity index (χ0n) is 19.6. The summed E-state index contributed by atoms with van der Waals surface area (Å²) in [6.45, 7) is 4.86. The van der Waals surface area contributed by atoms with Gasteiger partial charge in [-0.1, -0.05) is 11.6 Å². The molecule has 3 atom stereocenters. The second kappa shape index (κ2) is 7.90. The largest absolute Gasteiger partial charge is 0.461 e. The van der Waals surface area contributed by atoms with E-state index >= 15 is 0 Å². The Hall–Kier alpha value is -2.23. The third kappa shape index (κ3) is 3.51. The average molecular weight is 489 g/mol. The van der Waals surface area contributed by atoms with Crippen molar-refractivity contribution in [2.75, 3.05) is 37.7 Å². The normalized spacial score (nSPS) is 29.9. The Morgan fingerprint density at radius 2 is 2.09 bits per heavy atom. The molecule has 8 nitrogen and oxygen atoms in total. The van der Waals surface area contributed by atoms with Gasteiger partial charge < -0.3 is 19.3 Å². The summed E-state index contributed by atoms with van der Waals surface area (Å²) in [5.74, 6) is 0.725. The molecule has 3 fully saturated rings. The standard InChI is InChI=1S/C24H30ClFN6O2/c1-23(33)6-3-9-31(13-23)21-17-16-5-8-27-19(25)18(16)30(2)20(17)28-22(29-21)34-14-24-7-4-10-32(24)12-15(26)11-24/h5,8,15,33H,3-4,6-7,9-14H2,1-2H3/t15-,23-,24+/m1/s1. The smallest absolute Gasteiger partial charge is 0.320 e. The van der Waals surface area contributed by atoms with Crippen molar-refractivity contribution in [3.63, 3.8) is 0 Å². The summed E-state index contributed by atoms with van der Waals surface area (Å²) >= 11 is 6.47. The van der Waals surface area contributed by atoms with Gasteiger partial charge in [0.15, 0.2) is 5.15 Å². The zero-order chi connectivity index (χ0) is 23.7. The van der Waals surface area contributed by atoms with Gasteiger partial charge in [0.05, 0.1) is 22.0 Å². The summed E-state index contributed by atoms with van der Waals surface area (Å²) < 4.78 is 22.4. The lowest BCUT2D eigenvalue weighted by molar-refractivity contribution is 0.0447. The van der Waals surface area contributed by atoms with Crippen molar-refractivity contribution in [3.05, 3.63) is 17.4 Å². The molecule has 0 bridgehead atoms. The minimum absolute atomic E-state index is 0.270. The molecule has 0 spiro atoms. The lowest BCUT2D eigenvalue weighted by Gasteiger charge is -2.38. The van der Waals surface area contributed by atoms with Gasteiger partial charge in [-0.15, -0.1) is 0 Å². The number of β-amino-alcohol motifs (C(OH)–C–C–N with tert-alkyl or cyclic N) is 1. The number of piperidine rings is 1. The second-order valence-electron chi connectivity index (χ2n) is 10.5. The van der Waals surface area contributed by atoms with E-state index < -0.39 is 11.8 Å². The number of ether oxygens (including phenoxy) is 1. The van der Waals surface area contributed by atoms with Crippen LogP contribution in [0.2, 0.25) is 5.15 Å². The van der Waals surface area contributed by atoms with Gasteiger partial charge in [-0.2, -0.15) is 9.97 Å². The number of fused-ring (bicyclic) bond motifs is 4. The number of aliphatic hydroxyl groups is 1. The maximum atomic E-state index is 14.2. The molecular formula is C24H30ClFN6O2. The maximum absolute atomic E-state index is 14.2. The van der Waals surface area contributed by atoms with E-state index in [2.05, 4.69) is 14.8 Å². The fraction of sp³-hybridized carbons (Fsp3) is 0.625. The molecule has 6 heterocycles. The number of hydrogen-bond donors (Lipinski definition) is 1. The topological polar surface area (TPSA) is 79.5 Å². The van der Waals surface area contributed by atoms with Crippen LogP contribution in [0.1, 0.15) is 39.0 Å². The average Bonchev–Trinajstić information content (AvgIpc) is 3.40. The Morgan fingerprint density at radius 3 is 2.91 bits per heavy atom. The molecule has 0 unspecified atom stereocenters. The van der Waals surface area contributed by atoms with E-state index in [-0.39, 0.29) is 11.5 Å². The zero-order valence-corrected chi connectivity index (χ0v) is 20.4. The minimum atomic E-state index is -0.814. The molecule has 3 saturated heterocycles. The van der Waals surface area contributed by atoms with E-state index in [1.54, 1.807) is 6.20 Å². The first-order chi connectivity index (χ1) is 16.3. The molecule has 3 aromatic rings. The van der Waals surface area contributed by atoms with Crippen molar-refractivity contribution < 1.29 is 14.2 Å². The number of anilines is 1. The first-order valence-electron chi connectivity index (χ1n) is 12.1. The van der Waals surface area contributed by atoms with E-state index in [9.17, 15) is 9.50 Å². The fourth-order valence-corrected chi connectivity index (χ4v) is 6.58. The minimum Gasteiger partial charge on any atom is -0.461 e. The highest BCUT2D eigenvalue weighted by atomic mass is 35.5. The van der Waals surface area contributed by atoms with Gasteiger partial charge in [-0.05, 0) is 45.2 Å². The van der Waals surface area contributed by atoms with Crippen LogP contribution in [0, 0.1) is 0 Å². The first kappa shape index (κ1) is 22.2. The molecule has 0 radical (unpaired) electrons. The molecule has 0 saturated carbocycles. The van der Waals surface area contributed by atoms with Gasteiger partial charge >= 0.3 is 6.01 Å². The highest BCUT2D eigenvalue weighted by Crippen LogP contribution is 2.41. The van der Waals surface area contributed by atoms with Crippen LogP contribution in [0.3, 0.4) is 0 Å². The number of aryl methyl sites for hydroxylation is 1. The molecule has 0 aromatic carbocycles. The van der Waals surface area contributed by atoms with Crippen LogP contribution in [-0.4, -0.2) is 79.6 Å². The lowest BCUT2D eigenvalue weighted by atomic mass is 9.95. The Bertz CT molecular complexity index is 1270. The highest BCUT2D eigenvalue weighted by Gasteiger charge is 2.49. The summed E-state index contributed by atoms with van der Waals surface area (Å²) in [7, 11) is 1.91. The molecule has 10 heteroatoms.